The molecule has 0 unspecified atom stereocenters. The Balaban J connectivity index is 1.70. The van der Waals surface area contributed by atoms with Crippen molar-refractivity contribution in [2.24, 2.45) is 4.99 Å². The van der Waals surface area contributed by atoms with Crippen LogP contribution in [0.4, 0.5) is 11.4 Å². The van der Waals surface area contributed by atoms with Gasteiger partial charge in [-0.1, -0.05) is 27.7 Å². The first-order chi connectivity index (χ1) is 12.5. The molecule has 2 amide bonds. The standard InChI is InChI=1S/C18H16BrN3O3S/c1-25-14-8-6-13(7-9-14)21-18-22-16(23)10-15(26-18)17(24)20-12-4-2-11(19)3-5-12/h2-9,15H,10H2,1H3,(H,20,24)(H,21,22,23)/t15-/m1/s1. The van der Waals surface area contributed by atoms with Crippen molar-refractivity contribution in [3.05, 3.63) is 53.0 Å². The number of rotatable bonds is 4. The van der Waals surface area contributed by atoms with E-state index in [-0.39, 0.29) is 18.2 Å². The Hall–Kier alpha value is -2.32. The molecule has 1 heterocycles. The number of anilines is 1. The van der Waals surface area contributed by atoms with Crippen LogP contribution in [0.3, 0.4) is 0 Å². The van der Waals surface area contributed by atoms with E-state index >= 15 is 0 Å². The second-order valence-electron chi connectivity index (χ2n) is 5.47. The number of nitrogens with one attached hydrogen (secondary N) is 2. The van der Waals surface area contributed by atoms with Gasteiger partial charge in [-0.05, 0) is 48.5 Å². The first-order valence-corrected chi connectivity index (χ1v) is 9.46. The van der Waals surface area contributed by atoms with Crippen LogP contribution in [0, 0.1) is 0 Å². The minimum atomic E-state index is -0.538. The van der Waals surface area contributed by atoms with E-state index in [9.17, 15) is 9.59 Å². The summed E-state index contributed by atoms with van der Waals surface area (Å²) in [5.41, 5.74) is 1.35. The van der Waals surface area contributed by atoms with Crippen molar-refractivity contribution in [3.8, 4) is 5.75 Å². The van der Waals surface area contributed by atoms with E-state index in [0.717, 1.165) is 10.2 Å². The van der Waals surface area contributed by atoms with Gasteiger partial charge < -0.3 is 15.4 Å². The molecule has 1 saturated heterocycles. The fraction of sp³-hybridized carbons (Fsp3) is 0.167. The lowest BCUT2D eigenvalue weighted by molar-refractivity contribution is -0.123. The summed E-state index contributed by atoms with van der Waals surface area (Å²) in [5.74, 6) is 0.266. The third-order valence-corrected chi connectivity index (χ3v) is 5.19. The highest BCUT2D eigenvalue weighted by Gasteiger charge is 2.30. The molecule has 26 heavy (non-hydrogen) atoms. The van der Waals surface area contributed by atoms with Gasteiger partial charge in [0.25, 0.3) is 0 Å². The number of hydrogen-bond donors (Lipinski definition) is 2. The number of amidine groups is 1. The Kier molecular flexibility index (Phi) is 5.95. The van der Waals surface area contributed by atoms with Gasteiger partial charge in [0.1, 0.15) is 11.0 Å². The van der Waals surface area contributed by atoms with Gasteiger partial charge in [0, 0.05) is 16.6 Å². The fourth-order valence-electron chi connectivity index (χ4n) is 2.28. The first kappa shape index (κ1) is 18.5. The summed E-state index contributed by atoms with van der Waals surface area (Å²) in [5, 5.41) is 5.40. The summed E-state index contributed by atoms with van der Waals surface area (Å²) in [6.07, 6.45) is 0.106. The number of benzene rings is 2. The number of amides is 2. The molecule has 1 aliphatic heterocycles. The van der Waals surface area contributed by atoms with E-state index in [2.05, 4.69) is 31.6 Å². The molecule has 8 heteroatoms. The van der Waals surface area contributed by atoms with Crippen molar-refractivity contribution >= 4 is 56.0 Å². The number of hydrogen-bond acceptors (Lipinski definition) is 5. The molecule has 0 spiro atoms. The lowest BCUT2D eigenvalue weighted by Gasteiger charge is -2.22. The lowest BCUT2D eigenvalue weighted by atomic mass is 10.2. The van der Waals surface area contributed by atoms with Gasteiger partial charge in [-0.3, -0.25) is 9.59 Å². The summed E-state index contributed by atoms with van der Waals surface area (Å²) < 4.78 is 6.04. The van der Waals surface area contributed by atoms with Crippen molar-refractivity contribution in [2.45, 2.75) is 11.7 Å². The van der Waals surface area contributed by atoms with Gasteiger partial charge in [0.15, 0.2) is 5.17 Å². The van der Waals surface area contributed by atoms with Crippen LogP contribution < -0.4 is 15.4 Å². The number of carbonyl (C=O) groups is 2. The van der Waals surface area contributed by atoms with Crippen LogP contribution in [-0.4, -0.2) is 29.3 Å². The number of aliphatic imine (C=N–C) groups is 1. The molecule has 0 bridgehead atoms. The average molecular weight is 434 g/mol. The van der Waals surface area contributed by atoms with Gasteiger partial charge in [-0.25, -0.2) is 4.99 Å². The highest BCUT2D eigenvalue weighted by atomic mass is 79.9. The van der Waals surface area contributed by atoms with E-state index in [1.54, 1.807) is 43.5 Å². The molecule has 3 rings (SSSR count). The van der Waals surface area contributed by atoms with Crippen molar-refractivity contribution in [2.75, 3.05) is 12.4 Å². The van der Waals surface area contributed by atoms with Crippen LogP contribution >= 0.6 is 27.7 Å². The summed E-state index contributed by atoms with van der Waals surface area (Å²) in [4.78, 5) is 28.8. The van der Waals surface area contributed by atoms with Crippen molar-refractivity contribution < 1.29 is 14.3 Å². The number of thioether (sulfide) groups is 1. The van der Waals surface area contributed by atoms with Crippen LogP contribution in [-0.2, 0) is 9.59 Å². The Labute approximate surface area is 163 Å². The monoisotopic (exact) mass is 433 g/mol. The Morgan fingerprint density at radius 1 is 1.23 bits per heavy atom. The maximum absolute atomic E-state index is 12.5. The first-order valence-electron chi connectivity index (χ1n) is 7.79. The topological polar surface area (TPSA) is 79.8 Å². The molecule has 0 aromatic heterocycles. The number of ether oxygens (including phenoxy) is 1. The van der Waals surface area contributed by atoms with E-state index in [1.807, 2.05) is 12.1 Å². The van der Waals surface area contributed by atoms with Crippen molar-refractivity contribution in [1.29, 1.82) is 0 Å². The normalized spacial score (nSPS) is 18.3. The zero-order valence-electron chi connectivity index (χ0n) is 13.9. The third-order valence-electron chi connectivity index (χ3n) is 3.58. The summed E-state index contributed by atoms with van der Waals surface area (Å²) in [6.45, 7) is 0. The SMILES string of the molecule is COc1ccc(N=C2NC(=O)C[C@H](C(=O)Nc3ccc(Br)cc3)S2)cc1. The predicted molar refractivity (Wildman–Crippen MR) is 107 cm³/mol. The van der Waals surface area contributed by atoms with Crippen LogP contribution in [0.5, 0.6) is 5.75 Å². The van der Waals surface area contributed by atoms with E-state index in [0.29, 0.717) is 16.5 Å². The van der Waals surface area contributed by atoms with Gasteiger partial charge >= 0.3 is 0 Å². The Bertz CT molecular complexity index is 838. The van der Waals surface area contributed by atoms with Gasteiger partial charge in [0.2, 0.25) is 11.8 Å². The zero-order valence-corrected chi connectivity index (χ0v) is 16.3. The quantitative estimate of drug-likeness (QED) is 0.769. The highest BCUT2D eigenvalue weighted by molar-refractivity contribution is 9.10. The van der Waals surface area contributed by atoms with Crippen LogP contribution in [0.15, 0.2) is 58.0 Å². The average Bonchev–Trinajstić information content (AvgIpc) is 2.64. The Morgan fingerprint density at radius 3 is 2.58 bits per heavy atom. The third kappa shape index (κ3) is 4.86. The Morgan fingerprint density at radius 2 is 1.92 bits per heavy atom. The molecule has 2 aromatic carbocycles. The maximum Gasteiger partial charge on any atom is 0.238 e. The highest BCUT2D eigenvalue weighted by Crippen LogP contribution is 2.26. The van der Waals surface area contributed by atoms with Crippen LogP contribution in [0.2, 0.25) is 0 Å². The van der Waals surface area contributed by atoms with Crippen molar-refractivity contribution in [1.82, 2.24) is 5.32 Å². The fourth-order valence-corrected chi connectivity index (χ4v) is 3.54. The number of nitrogens with zero attached hydrogens (tertiary/aromatic N) is 1. The molecule has 1 aliphatic rings. The second kappa shape index (κ2) is 8.37. The maximum atomic E-state index is 12.5. The van der Waals surface area contributed by atoms with Crippen LogP contribution in [0.25, 0.3) is 0 Å². The zero-order chi connectivity index (χ0) is 18.5. The summed E-state index contributed by atoms with van der Waals surface area (Å²) in [7, 11) is 1.59. The van der Waals surface area contributed by atoms with E-state index in [1.165, 1.54) is 11.8 Å². The molecule has 0 aliphatic carbocycles. The molecule has 0 saturated carbocycles. The molecule has 1 atom stereocenters. The summed E-state index contributed by atoms with van der Waals surface area (Å²) in [6, 6.07) is 14.4. The summed E-state index contributed by atoms with van der Waals surface area (Å²) >= 11 is 4.59. The molecule has 6 nitrogen and oxygen atoms in total. The van der Waals surface area contributed by atoms with Crippen LogP contribution in [0.1, 0.15) is 6.42 Å². The smallest absolute Gasteiger partial charge is 0.238 e. The predicted octanol–water partition coefficient (Wildman–Crippen LogP) is 3.71. The van der Waals surface area contributed by atoms with Gasteiger partial charge in [0.05, 0.1) is 12.8 Å². The minimum Gasteiger partial charge on any atom is -0.497 e. The molecular weight excluding hydrogens is 418 g/mol. The molecule has 1 fully saturated rings. The molecule has 2 aromatic rings. The second-order valence-corrected chi connectivity index (χ2v) is 7.58. The van der Waals surface area contributed by atoms with Crippen molar-refractivity contribution in [3.63, 3.8) is 0 Å². The molecule has 0 radical (unpaired) electrons. The van der Waals surface area contributed by atoms with Gasteiger partial charge in [-0.2, -0.15) is 0 Å². The molecule has 2 N–H and O–H groups in total. The van der Waals surface area contributed by atoms with E-state index < -0.39 is 5.25 Å². The van der Waals surface area contributed by atoms with Gasteiger partial charge in [-0.15, -0.1) is 0 Å². The molecular formula is C18H16BrN3O3S. The molecule has 134 valence electrons. The number of methoxy groups -OCH3 is 1. The number of carbonyl (C=O) groups excluding carboxylic acids is 2. The lowest BCUT2D eigenvalue weighted by Crippen LogP contribution is -2.41. The van der Waals surface area contributed by atoms with E-state index in [4.69, 9.17) is 4.74 Å². The minimum absolute atomic E-state index is 0.106. The largest absolute Gasteiger partial charge is 0.497 e. The number of halogens is 1.